The van der Waals surface area contributed by atoms with Crippen molar-refractivity contribution in [2.75, 3.05) is 20.1 Å². The van der Waals surface area contributed by atoms with E-state index in [0.29, 0.717) is 12.5 Å². The summed E-state index contributed by atoms with van der Waals surface area (Å²) in [6.45, 7) is 4.32. The number of amides is 1. The quantitative estimate of drug-likeness (QED) is 0.355. The fraction of sp³-hybridized carbons (Fsp3) is 0.722. The molecular weight excluding hydrogens is 443 g/mol. The van der Waals surface area contributed by atoms with Crippen LogP contribution in [0.5, 0.6) is 0 Å². The van der Waals surface area contributed by atoms with Crippen LogP contribution in [0.1, 0.15) is 49.8 Å². The summed E-state index contributed by atoms with van der Waals surface area (Å²) >= 11 is 0. The second kappa shape index (κ2) is 10.1. The number of aromatic nitrogens is 2. The Bertz CT molecular complexity index is 611. The maximum Gasteiger partial charge on any atom is 0.225 e. The van der Waals surface area contributed by atoms with E-state index in [0.717, 1.165) is 49.6 Å². The second-order valence-corrected chi connectivity index (χ2v) is 7.20. The molecule has 1 unspecified atom stereocenters. The van der Waals surface area contributed by atoms with Gasteiger partial charge in [-0.2, -0.15) is 5.10 Å². The first kappa shape index (κ1) is 21.0. The minimum Gasteiger partial charge on any atom is -0.352 e. The van der Waals surface area contributed by atoms with Gasteiger partial charge in [-0.3, -0.25) is 14.9 Å². The van der Waals surface area contributed by atoms with Crippen LogP contribution >= 0.6 is 24.0 Å². The average molecular weight is 474 g/mol. The molecule has 1 saturated carbocycles. The monoisotopic (exact) mass is 474 g/mol. The number of halogens is 1. The number of H-pyrrole nitrogens is 1. The van der Waals surface area contributed by atoms with E-state index >= 15 is 0 Å². The number of aromatic amines is 1. The van der Waals surface area contributed by atoms with Crippen LogP contribution in [0.2, 0.25) is 0 Å². The predicted molar refractivity (Wildman–Crippen MR) is 114 cm³/mol. The lowest BCUT2D eigenvalue weighted by Crippen LogP contribution is -2.45. The summed E-state index contributed by atoms with van der Waals surface area (Å²) in [5.74, 6) is 1.40. The van der Waals surface area contributed by atoms with Crippen LogP contribution in [0.25, 0.3) is 0 Å². The Morgan fingerprint density at radius 1 is 1.35 bits per heavy atom. The van der Waals surface area contributed by atoms with Crippen LogP contribution in [-0.4, -0.2) is 53.1 Å². The molecule has 1 aliphatic heterocycles. The number of carbonyl (C=O) groups excluding carboxylic acids is 1. The van der Waals surface area contributed by atoms with E-state index in [2.05, 4.69) is 25.8 Å². The Balaban J connectivity index is 0.00000243. The van der Waals surface area contributed by atoms with Gasteiger partial charge in [0, 0.05) is 49.9 Å². The van der Waals surface area contributed by atoms with Gasteiger partial charge in [0.05, 0.1) is 6.20 Å². The number of nitrogens with zero attached hydrogens (tertiary/aromatic N) is 3. The second-order valence-electron chi connectivity index (χ2n) is 7.20. The zero-order chi connectivity index (χ0) is 17.6. The molecule has 0 spiro atoms. The third kappa shape index (κ3) is 5.34. The summed E-state index contributed by atoms with van der Waals surface area (Å²) in [5, 5.41) is 13.7. The zero-order valence-electron chi connectivity index (χ0n) is 15.8. The molecule has 3 rings (SSSR count). The maximum absolute atomic E-state index is 12.7. The molecule has 2 fully saturated rings. The van der Waals surface area contributed by atoms with Crippen molar-refractivity contribution >= 4 is 35.8 Å². The minimum absolute atomic E-state index is 0. The van der Waals surface area contributed by atoms with Crippen molar-refractivity contribution in [1.82, 2.24) is 25.7 Å². The molecule has 146 valence electrons. The van der Waals surface area contributed by atoms with Crippen LogP contribution < -0.4 is 10.6 Å². The number of carbonyl (C=O) groups is 1. The van der Waals surface area contributed by atoms with E-state index in [9.17, 15) is 4.79 Å². The number of nitrogens with one attached hydrogen (secondary N) is 3. The maximum atomic E-state index is 12.7. The van der Waals surface area contributed by atoms with Crippen molar-refractivity contribution in [2.24, 2.45) is 10.9 Å². The molecule has 1 amide bonds. The molecular formula is C18H31IN6O. The highest BCUT2D eigenvalue weighted by Gasteiger charge is 2.31. The van der Waals surface area contributed by atoms with Crippen LogP contribution in [0.15, 0.2) is 11.2 Å². The molecule has 0 radical (unpaired) electrons. The summed E-state index contributed by atoms with van der Waals surface area (Å²) in [7, 11) is 1.78. The van der Waals surface area contributed by atoms with Gasteiger partial charge < -0.3 is 15.5 Å². The lowest BCUT2D eigenvalue weighted by Gasteiger charge is -2.26. The smallest absolute Gasteiger partial charge is 0.225 e. The van der Waals surface area contributed by atoms with Gasteiger partial charge in [-0.1, -0.05) is 19.3 Å². The topological polar surface area (TPSA) is 85.4 Å². The van der Waals surface area contributed by atoms with Crippen molar-refractivity contribution in [2.45, 2.75) is 58.0 Å². The minimum atomic E-state index is 0. The van der Waals surface area contributed by atoms with E-state index in [1.807, 2.05) is 18.0 Å². The highest BCUT2D eigenvalue weighted by atomic mass is 127. The van der Waals surface area contributed by atoms with Gasteiger partial charge in [0.2, 0.25) is 5.91 Å². The highest BCUT2D eigenvalue weighted by Crippen LogP contribution is 2.26. The molecule has 1 aliphatic carbocycles. The Morgan fingerprint density at radius 2 is 2.12 bits per heavy atom. The van der Waals surface area contributed by atoms with Gasteiger partial charge in [-0.25, -0.2) is 0 Å². The van der Waals surface area contributed by atoms with E-state index in [1.54, 1.807) is 7.05 Å². The largest absolute Gasteiger partial charge is 0.352 e. The fourth-order valence-corrected chi connectivity index (χ4v) is 3.81. The Labute approximate surface area is 172 Å². The summed E-state index contributed by atoms with van der Waals surface area (Å²) in [4.78, 5) is 19.0. The van der Waals surface area contributed by atoms with Crippen molar-refractivity contribution in [1.29, 1.82) is 0 Å². The third-order valence-corrected chi connectivity index (χ3v) is 5.40. The average Bonchev–Trinajstić information content (AvgIpc) is 3.27. The number of rotatable bonds is 4. The Morgan fingerprint density at radius 3 is 2.77 bits per heavy atom. The molecule has 0 aromatic carbocycles. The van der Waals surface area contributed by atoms with Gasteiger partial charge >= 0.3 is 0 Å². The summed E-state index contributed by atoms with van der Waals surface area (Å²) < 4.78 is 0. The first-order valence-corrected chi connectivity index (χ1v) is 9.42. The normalized spacial score (nSPS) is 21.4. The molecule has 7 nitrogen and oxygen atoms in total. The zero-order valence-corrected chi connectivity index (χ0v) is 18.1. The van der Waals surface area contributed by atoms with Gasteiger partial charge in [0.25, 0.3) is 0 Å². The van der Waals surface area contributed by atoms with Gasteiger partial charge in [0.1, 0.15) is 0 Å². The molecule has 2 heterocycles. The van der Waals surface area contributed by atoms with Gasteiger partial charge in [-0.15, -0.1) is 24.0 Å². The van der Waals surface area contributed by atoms with Crippen molar-refractivity contribution in [3.8, 4) is 0 Å². The third-order valence-electron chi connectivity index (χ3n) is 5.40. The van der Waals surface area contributed by atoms with E-state index in [-0.39, 0.29) is 35.9 Å². The molecule has 0 bridgehead atoms. The first-order chi connectivity index (χ1) is 12.2. The Hall–Kier alpha value is -1.32. The van der Waals surface area contributed by atoms with Crippen LogP contribution in [-0.2, 0) is 11.3 Å². The van der Waals surface area contributed by atoms with Gasteiger partial charge in [0.15, 0.2) is 5.96 Å². The number of aryl methyl sites for hydroxylation is 1. The van der Waals surface area contributed by atoms with Crippen molar-refractivity contribution < 1.29 is 4.79 Å². The Kier molecular flexibility index (Phi) is 8.17. The van der Waals surface area contributed by atoms with Crippen molar-refractivity contribution in [3.63, 3.8) is 0 Å². The van der Waals surface area contributed by atoms with Gasteiger partial charge in [-0.05, 0) is 26.2 Å². The van der Waals surface area contributed by atoms with E-state index in [1.165, 1.54) is 19.3 Å². The summed E-state index contributed by atoms with van der Waals surface area (Å²) in [5.41, 5.74) is 2.19. The molecule has 8 heteroatoms. The van der Waals surface area contributed by atoms with E-state index in [4.69, 9.17) is 0 Å². The number of aliphatic imine (C=N–C) groups is 1. The standard InChI is InChI=1S/C18H30N6O.HI/c1-13-15(11-21-23-13)10-20-18(19-2)22-16-8-9-24(12-16)17(25)14-6-4-3-5-7-14;/h11,14,16H,3-10,12H2,1-2H3,(H,21,23)(H2,19,20,22);1H. The number of hydrogen-bond donors (Lipinski definition) is 3. The lowest BCUT2D eigenvalue weighted by atomic mass is 9.88. The number of guanidine groups is 1. The van der Waals surface area contributed by atoms with E-state index < -0.39 is 0 Å². The molecule has 1 atom stereocenters. The van der Waals surface area contributed by atoms with Crippen LogP contribution in [0.3, 0.4) is 0 Å². The number of hydrogen-bond acceptors (Lipinski definition) is 3. The first-order valence-electron chi connectivity index (χ1n) is 9.42. The molecule has 1 aromatic heterocycles. The lowest BCUT2D eigenvalue weighted by molar-refractivity contribution is -0.135. The summed E-state index contributed by atoms with van der Waals surface area (Å²) in [6.07, 6.45) is 8.64. The highest BCUT2D eigenvalue weighted by molar-refractivity contribution is 14.0. The number of likely N-dealkylation sites (tertiary alicyclic amines) is 1. The molecule has 1 aromatic rings. The van der Waals surface area contributed by atoms with Crippen molar-refractivity contribution in [3.05, 3.63) is 17.5 Å². The SMILES string of the molecule is CN=C(NCc1cn[nH]c1C)NC1CCN(C(=O)C2CCCCC2)C1.I. The summed E-state index contributed by atoms with van der Waals surface area (Å²) in [6, 6.07) is 0.268. The fourth-order valence-electron chi connectivity index (χ4n) is 3.81. The molecule has 1 saturated heterocycles. The molecule has 3 N–H and O–H groups in total. The van der Waals surface area contributed by atoms with Crippen LogP contribution in [0.4, 0.5) is 0 Å². The molecule has 2 aliphatic rings. The molecule has 26 heavy (non-hydrogen) atoms. The van der Waals surface area contributed by atoms with Crippen LogP contribution in [0, 0.1) is 12.8 Å². The predicted octanol–water partition coefficient (Wildman–Crippen LogP) is 2.18.